The molecule has 0 aliphatic rings. The molecule has 1 aromatic carbocycles. The van der Waals surface area contributed by atoms with Gasteiger partial charge in [-0.1, -0.05) is 22.8 Å². The predicted octanol–water partition coefficient (Wildman–Crippen LogP) is 3.03. The van der Waals surface area contributed by atoms with E-state index in [1.54, 1.807) is 24.5 Å². The van der Waals surface area contributed by atoms with E-state index in [0.29, 0.717) is 29.7 Å². The van der Waals surface area contributed by atoms with Gasteiger partial charge in [-0.05, 0) is 35.9 Å². The third-order valence-corrected chi connectivity index (χ3v) is 3.60. The smallest absolute Gasteiger partial charge is 0.227 e. The van der Waals surface area contributed by atoms with Crippen LogP contribution in [0.5, 0.6) is 0 Å². The number of hydrogen-bond donors (Lipinski definition) is 1. The van der Waals surface area contributed by atoms with Crippen molar-refractivity contribution in [2.24, 2.45) is 0 Å². The highest BCUT2D eigenvalue weighted by molar-refractivity contribution is 6.30. The molecule has 2 heterocycles. The Balaban J connectivity index is 1.50. The molecular formula is C17H15ClN4O2. The molecule has 0 spiro atoms. The second-order valence-electron chi connectivity index (χ2n) is 5.16. The van der Waals surface area contributed by atoms with Gasteiger partial charge < -0.3 is 9.84 Å². The third-order valence-electron chi connectivity index (χ3n) is 3.35. The number of nitrogens with zero attached hydrogens (tertiary/aromatic N) is 3. The van der Waals surface area contributed by atoms with Crippen molar-refractivity contribution in [2.45, 2.75) is 19.4 Å². The highest BCUT2D eigenvalue weighted by Gasteiger charge is 2.10. The summed E-state index contributed by atoms with van der Waals surface area (Å²) in [7, 11) is 0. The summed E-state index contributed by atoms with van der Waals surface area (Å²) in [6.45, 7) is 0.451. The fourth-order valence-corrected chi connectivity index (χ4v) is 2.21. The van der Waals surface area contributed by atoms with Gasteiger partial charge in [0, 0.05) is 42.4 Å². The van der Waals surface area contributed by atoms with Crippen molar-refractivity contribution >= 4 is 17.5 Å². The summed E-state index contributed by atoms with van der Waals surface area (Å²) in [5, 5.41) is 7.39. The van der Waals surface area contributed by atoms with Crippen LogP contribution in [0.3, 0.4) is 0 Å². The predicted molar refractivity (Wildman–Crippen MR) is 89.1 cm³/mol. The van der Waals surface area contributed by atoms with Crippen molar-refractivity contribution in [2.75, 3.05) is 0 Å². The molecule has 1 amide bonds. The van der Waals surface area contributed by atoms with E-state index in [2.05, 4.69) is 20.4 Å². The van der Waals surface area contributed by atoms with Gasteiger partial charge in [0.05, 0.1) is 0 Å². The SMILES string of the molecule is O=C(CCc1nc(-c2ccc(Cl)cc2)no1)NCc1cccnc1. The summed E-state index contributed by atoms with van der Waals surface area (Å²) in [5.41, 5.74) is 1.77. The molecule has 1 N–H and O–H groups in total. The van der Waals surface area contributed by atoms with Crippen LogP contribution in [0, 0.1) is 0 Å². The zero-order chi connectivity index (χ0) is 16.8. The van der Waals surface area contributed by atoms with Crippen LogP contribution in [-0.4, -0.2) is 21.0 Å². The fourth-order valence-electron chi connectivity index (χ4n) is 2.08. The van der Waals surface area contributed by atoms with Crippen molar-refractivity contribution in [3.8, 4) is 11.4 Å². The van der Waals surface area contributed by atoms with Crippen molar-refractivity contribution in [3.63, 3.8) is 0 Å². The zero-order valence-electron chi connectivity index (χ0n) is 12.8. The minimum atomic E-state index is -0.0786. The summed E-state index contributed by atoms with van der Waals surface area (Å²) in [6.07, 6.45) is 4.08. The van der Waals surface area contributed by atoms with Gasteiger partial charge in [0.25, 0.3) is 0 Å². The summed E-state index contributed by atoms with van der Waals surface area (Å²) in [6, 6.07) is 10.9. The van der Waals surface area contributed by atoms with Crippen molar-refractivity contribution in [3.05, 3.63) is 65.3 Å². The average Bonchev–Trinajstić information content (AvgIpc) is 3.09. The van der Waals surface area contributed by atoms with E-state index < -0.39 is 0 Å². The number of hydrogen-bond acceptors (Lipinski definition) is 5. The first-order valence-electron chi connectivity index (χ1n) is 7.45. The van der Waals surface area contributed by atoms with Crippen LogP contribution in [-0.2, 0) is 17.8 Å². The van der Waals surface area contributed by atoms with E-state index in [9.17, 15) is 4.79 Å². The van der Waals surface area contributed by atoms with E-state index in [1.165, 1.54) is 0 Å². The molecule has 0 saturated carbocycles. The second kappa shape index (κ2) is 7.70. The molecule has 0 aliphatic carbocycles. The van der Waals surface area contributed by atoms with Crippen LogP contribution in [0.4, 0.5) is 0 Å². The number of pyridine rings is 1. The highest BCUT2D eigenvalue weighted by atomic mass is 35.5. The molecule has 24 heavy (non-hydrogen) atoms. The Morgan fingerprint density at radius 2 is 2.04 bits per heavy atom. The summed E-state index contributed by atoms with van der Waals surface area (Å²) < 4.78 is 5.18. The molecule has 7 heteroatoms. The van der Waals surface area contributed by atoms with E-state index >= 15 is 0 Å². The van der Waals surface area contributed by atoms with Crippen molar-refractivity contribution in [1.82, 2.24) is 20.4 Å². The number of nitrogens with one attached hydrogen (secondary N) is 1. The number of rotatable bonds is 6. The molecule has 0 bridgehead atoms. The van der Waals surface area contributed by atoms with Crippen LogP contribution in [0.25, 0.3) is 11.4 Å². The molecule has 0 saturated heterocycles. The first-order valence-corrected chi connectivity index (χ1v) is 7.82. The average molecular weight is 343 g/mol. The number of aryl methyl sites for hydroxylation is 1. The zero-order valence-corrected chi connectivity index (χ0v) is 13.5. The summed E-state index contributed by atoms with van der Waals surface area (Å²) >= 11 is 5.85. The van der Waals surface area contributed by atoms with Crippen LogP contribution in [0.2, 0.25) is 5.02 Å². The monoisotopic (exact) mass is 342 g/mol. The van der Waals surface area contributed by atoms with Gasteiger partial charge in [-0.2, -0.15) is 4.98 Å². The molecule has 3 aromatic rings. The highest BCUT2D eigenvalue weighted by Crippen LogP contribution is 2.18. The largest absolute Gasteiger partial charge is 0.352 e. The molecule has 0 atom stereocenters. The first kappa shape index (κ1) is 16.1. The Morgan fingerprint density at radius 1 is 1.21 bits per heavy atom. The number of halogens is 1. The maximum Gasteiger partial charge on any atom is 0.227 e. The molecule has 3 rings (SSSR count). The summed E-state index contributed by atoms with van der Waals surface area (Å²) in [4.78, 5) is 20.2. The van der Waals surface area contributed by atoms with Gasteiger partial charge in [0.2, 0.25) is 17.6 Å². The number of carbonyl (C=O) groups is 1. The van der Waals surface area contributed by atoms with Crippen LogP contribution < -0.4 is 5.32 Å². The lowest BCUT2D eigenvalue weighted by Gasteiger charge is -2.03. The van der Waals surface area contributed by atoms with Gasteiger partial charge in [-0.15, -0.1) is 0 Å². The molecular weight excluding hydrogens is 328 g/mol. The van der Waals surface area contributed by atoms with Crippen LogP contribution in [0.15, 0.2) is 53.3 Å². The number of aromatic nitrogens is 3. The van der Waals surface area contributed by atoms with E-state index in [4.69, 9.17) is 16.1 Å². The Morgan fingerprint density at radius 3 is 2.79 bits per heavy atom. The fraction of sp³-hybridized carbons (Fsp3) is 0.176. The quantitative estimate of drug-likeness (QED) is 0.744. The number of benzene rings is 1. The molecule has 6 nitrogen and oxygen atoms in total. The number of amides is 1. The molecule has 2 aromatic heterocycles. The normalized spacial score (nSPS) is 10.5. The molecule has 0 fully saturated rings. The Kier molecular flexibility index (Phi) is 5.18. The third kappa shape index (κ3) is 4.39. The van der Waals surface area contributed by atoms with E-state index in [1.807, 2.05) is 24.3 Å². The topological polar surface area (TPSA) is 80.9 Å². The van der Waals surface area contributed by atoms with E-state index in [-0.39, 0.29) is 12.3 Å². The molecule has 0 aliphatic heterocycles. The lowest BCUT2D eigenvalue weighted by atomic mass is 10.2. The first-order chi connectivity index (χ1) is 11.7. The van der Waals surface area contributed by atoms with Gasteiger partial charge in [-0.25, -0.2) is 0 Å². The van der Waals surface area contributed by atoms with Crippen LogP contribution in [0.1, 0.15) is 17.9 Å². The van der Waals surface area contributed by atoms with Crippen molar-refractivity contribution < 1.29 is 9.32 Å². The maximum atomic E-state index is 11.9. The van der Waals surface area contributed by atoms with Crippen molar-refractivity contribution in [1.29, 1.82) is 0 Å². The second-order valence-corrected chi connectivity index (χ2v) is 5.59. The summed E-state index contributed by atoms with van der Waals surface area (Å²) in [5.74, 6) is 0.832. The number of carbonyl (C=O) groups excluding carboxylic acids is 1. The molecule has 0 unspecified atom stereocenters. The lowest BCUT2D eigenvalue weighted by molar-refractivity contribution is -0.121. The van der Waals surface area contributed by atoms with Gasteiger partial charge >= 0.3 is 0 Å². The molecule has 0 radical (unpaired) electrons. The standard InChI is InChI=1S/C17H15ClN4O2/c18-14-5-3-13(4-6-14)17-21-16(24-22-17)8-7-15(23)20-11-12-2-1-9-19-10-12/h1-6,9-10H,7-8,11H2,(H,20,23). The Labute approximate surface area is 143 Å². The van der Waals surface area contributed by atoms with E-state index in [0.717, 1.165) is 11.1 Å². The molecule has 122 valence electrons. The minimum absolute atomic E-state index is 0.0786. The van der Waals surface area contributed by atoms with Gasteiger partial charge in [0.15, 0.2) is 0 Å². The van der Waals surface area contributed by atoms with Gasteiger partial charge in [-0.3, -0.25) is 9.78 Å². The Bertz CT molecular complexity index is 803. The van der Waals surface area contributed by atoms with Gasteiger partial charge in [0.1, 0.15) is 0 Å². The lowest BCUT2D eigenvalue weighted by Crippen LogP contribution is -2.23. The maximum absolute atomic E-state index is 11.9. The Hall–Kier alpha value is -2.73. The van der Waals surface area contributed by atoms with Crippen LogP contribution >= 0.6 is 11.6 Å². The minimum Gasteiger partial charge on any atom is -0.352 e.